The fourth-order valence-corrected chi connectivity index (χ4v) is 3.91. The van der Waals surface area contributed by atoms with E-state index < -0.39 is 17.6 Å². The summed E-state index contributed by atoms with van der Waals surface area (Å²) >= 11 is 0. The first-order valence-corrected chi connectivity index (χ1v) is 9.59. The number of fused-ring (bicyclic) bond motifs is 1. The Hall–Kier alpha value is -2.14. The molecule has 0 spiro atoms. The summed E-state index contributed by atoms with van der Waals surface area (Å²) < 4.78 is 42.1. The Morgan fingerprint density at radius 1 is 1.30 bits per heavy atom. The molecule has 0 aromatic rings. The Labute approximate surface area is 173 Å². The van der Waals surface area contributed by atoms with Gasteiger partial charge in [-0.2, -0.15) is 13.2 Å². The fraction of sp³-hybridized carbons (Fsp3) is 0.737. The smallest absolute Gasteiger partial charge is 0.475 e. The average molecular weight is 438 g/mol. The number of methoxy groups -OCH3 is 1. The highest BCUT2D eigenvalue weighted by atomic mass is 19.4. The Kier molecular flexibility index (Phi) is 9.76. The summed E-state index contributed by atoms with van der Waals surface area (Å²) in [4.78, 5) is 37.9. The van der Waals surface area contributed by atoms with Gasteiger partial charge in [-0.3, -0.25) is 14.5 Å². The van der Waals surface area contributed by atoms with Gasteiger partial charge >= 0.3 is 18.1 Å². The van der Waals surface area contributed by atoms with Gasteiger partial charge in [-0.05, 0) is 19.8 Å². The molecule has 0 aliphatic carbocycles. The third kappa shape index (κ3) is 6.69. The molecule has 2 aliphatic rings. The number of halogens is 3. The van der Waals surface area contributed by atoms with Crippen molar-refractivity contribution >= 4 is 17.8 Å². The standard InChI is InChI=1S/C17H28N2O4.C2HF3O2/c1-4-8-18-10-14-11-19(15(20)12-22-3)9-6-7-17(14,13-18)16(21)23-5-2;3-2(4,5)1(6)7/h4,14H,1,5-13H2,2-3H3;(H,6,7)/t14-,17+;/m1./s1. The van der Waals surface area contributed by atoms with Gasteiger partial charge in [0.2, 0.25) is 5.91 Å². The highest BCUT2D eigenvalue weighted by molar-refractivity contribution is 5.80. The zero-order valence-corrected chi connectivity index (χ0v) is 17.2. The van der Waals surface area contributed by atoms with Crippen molar-refractivity contribution in [3.63, 3.8) is 0 Å². The second-order valence-electron chi connectivity index (χ2n) is 7.24. The van der Waals surface area contributed by atoms with Crippen molar-refractivity contribution in [2.24, 2.45) is 11.3 Å². The molecule has 0 aromatic heterocycles. The predicted molar refractivity (Wildman–Crippen MR) is 101 cm³/mol. The molecule has 11 heteroatoms. The van der Waals surface area contributed by atoms with Crippen molar-refractivity contribution in [1.82, 2.24) is 9.80 Å². The molecule has 172 valence electrons. The minimum absolute atomic E-state index is 0.00525. The first-order chi connectivity index (χ1) is 14.0. The summed E-state index contributed by atoms with van der Waals surface area (Å²) in [5.41, 5.74) is -0.499. The molecule has 2 aliphatic heterocycles. The average Bonchev–Trinajstić information content (AvgIpc) is 2.89. The Bertz CT molecular complexity index is 628. The summed E-state index contributed by atoms with van der Waals surface area (Å²) in [6, 6.07) is 0. The van der Waals surface area contributed by atoms with E-state index in [-0.39, 0.29) is 24.4 Å². The normalized spacial score (nSPS) is 24.2. The maximum absolute atomic E-state index is 12.7. The number of hydrogen-bond acceptors (Lipinski definition) is 6. The molecule has 30 heavy (non-hydrogen) atoms. The SMILES string of the molecule is C=CCN1C[C@@H]2CN(C(=O)COC)CCC[C@]2(C(=O)OCC)C1.O=C(O)C(F)(F)F. The van der Waals surface area contributed by atoms with Gasteiger partial charge in [0.15, 0.2) is 0 Å². The number of aliphatic carboxylic acids is 1. The fourth-order valence-electron chi connectivity index (χ4n) is 3.91. The maximum atomic E-state index is 12.7. The molecule has 2 atom stereocenters. The Balaban J connectivity index is 0.000000553. The third-order valence-corrected chi connectivity index (χ3v) is 5.19. The van der Waals surface area contributed by atoms with E-state index in [1.165, 1.54) is 7.11 Å². The van der Waals surface area contributed by atoms with Crippen LogP contribution in [0.1, 0.15) is 19.8 Å². The highest BCUT2D eigenvalue weighted by Crippen LogP contribution is 2.43. The zero-order chi connectivity index (χ0) is 22.9. The summed E-state index contributed by atoms with van der Waals surface area (Å²) in [6.45, 7) is 9.62. The number of rotatable bonds is 6. The number of carboxylic acid groups (broad SMARTS) is 1. The lowest BCUT2D eigenvalue weighted by molar-refractivity contribution is -0.192. The molecule has 1 amide bonds. The molecule has 0 bridgehead atoms. The number of alkyl halides is 3. The van der Waals surface area contributed by atoms with Crippen LogP contribution in [0, 0.1) is 11.3 Å². The summed E-state index contributed by atoms with van der Waals surface area (Å²) in [7, 11) is 1.53. The van der Waals surface area contributed by atoms with E-state index in [1.54, 1.807) is 0 Å². The lowest BCUT2D eigenvalue weighted by Gasteiger charge is -2.31. The van der Waals surface area contributed by atoms with Crippen LogP contribution in [0.25, 0.3) is 0 Å². The number of carbonyl (C=O) groups excluding carboxylic acids is 2. The monoisotopic (exact) mass is 438 g/mol. The molecule has 0 saturated carbocycles. The van der Waals surface area contributed by atoms with Gasteiger partial charge in [-0.1, -0.05) is 6.08 Å². The zero-order valence-electron chi connectivity index (χ0n) is 17.2. The minimum atomic E-state index is -5.08. The summed E-state index contributed by atoms with van der Waals surface area (Å²) in [6.07, 6.45) is -1.65. The second kappa shape index (κ2) is 11.3. The molecule has 2 rings (SSSR count). The van der Waals surface area contributed by atoms with Crippen LogP contribution >= 0.6 is 0 Å². The van der Waals surface area contributed by atoms with Crippen LogP contribution in [0.2, 0.25) is 0 Å². The van der Waals surface area contributed by atoms with Crippen LogP contribution in [0.15, 0.2) is 12.7 Å². The predicted octanol–water partition coefficient (Wildman–Crippen LogP) is 1.56. The van der Waals surface area contributed by atoms with E-state index in [0.29, 0.717) is 26.2 Å². The van der Waals surface area contributed by atoms with Gasteiger partial charge < -0.3 is 19.5 Å². The topological polar surface area (TPSA) is 96.4 Å². The van der Waals surface area contributed by atoms with Crippen molar-refractivity contribution in [3.05, 3.63) is 12.7 Å². The molecule has 1 N–H and O–H groups in total. The Morgan fingerprint density at radius 2 is 1.93 bits per heavy atom. The van der Waals surface area contributed by atoms with E-state index in [4.69, 9.17) is 19.4 Å². The number of ether oxygens (including phenoxy) is 2. The molecule has 0 unspecified atom stereocenters. The number of esters is 1. The third-order valence-electron chi connectivity index (χ3n) is 5.19. The lowest BCUT2D eigenvalue weighted by atomic mass is 9.75. The first-order valence-electron chi connectivity index (χ1n) is 9.59. The van der Waals surface area contributed by atoms with Gasteiger partial charge in [0, 0.05) is 45.8 Å². The molecular formula is C19H29F3N2O6. The number of carboxylic acids is 1. The van der Waals surface area contributed by atoms with Gasteiger partial charge in [0.05, 0.1) is 12.0 Å². The second-order valence-corrected chi connectivity index (χ2v) is 7.24. The number of hydrogen-bond donors (Lipinski definition) is 1. The van der Waals surface area contributed by atoms with E-state index in [1.807, 2.05) is 17.9 Å². The van der Waals surface area contributed by atoms with Crippen molar-refractivity contribution in [2.45, 2.75) is 25.9 Å². The van der Waals surface area contributed by atoms with Crippen LogP contribution in [0.4, 0.5) is 13.2 Å². The van der Waals surface area contributed by atoms with Crippen LogP contribution in [-0.2, 0) is 23.9 Å². The first kappa shape index (κ1) is 25.9. The van der Waals surface area contributed by atoms with Gasteiger partial charge in [0.1, 0.15) is 6.61 Å². The van der Waals surface area contributed by atoms with Crippen molar-refractivity contribution in [2.75, 3.05) is 53.0 Å². The van der Waals surface area contributed by atoms with E-state index in [0.717, 1.165) is 25.9 Å². The number of likely N-dealkylation sites (tertiary alicyclic amines) is 2. The summed E-state index contributed by atoms with van der Waals surface area (Å²) in [5, 5.41) is 7.12. The van der Waals surface area contributed by atoms with Crippen LogP contribution < -0.4 is 0 Å². The van der Waals surface area contributed by atoms with Gasteiger partial charge in [0.25, 0.3) is 0 Å². The van der Waals surface area contributed by atoms with Gasteiger partial charge in [-0.15, -0.1) is 6.58 Å². The quantitative estimate of drug-likeness (QED) is 0.497. The molecule has 2 heterocycles. The number of amides is 1. The molecule has 8 nitrogen and oxygen atoms in total. The van der Waals surface area contributed by atoms with Crippen LogP contribution in [-0.4, -0.2) is 92.0 Å². The number of carbonyl (C=O) groups is 3. The largest absolute Gasteiger partial charge is 0.490 e. The number of nitrogens with zero attached hydrogens (tertiary/aromatic N) is 2. The van der Waals surface area contributed by atoms with Crippen LogP contribution in [0.5, 0.6) is 0 Å². The van der Waals surface area contributed by atoms with E-state index in [9.17, 15) is 22.8 Å². The van der Waals surface area contributed by atoms with Crippen molar-refractivity contribution < 1.29 is 42.1 Å². The molecule has 2 saturated heterocycles. The molecule has 0 radical (unpaired) electrons. The molecule has 0 aromatic carbocycles. The maximum Gasteiger partial charge on any atom is 0.490 e. The lowest BCUT2D eigenvalue weighted by Crippen LogP contribution is -2.44. The van der Waals surface area contributed by atoms with E-state index >= 15 is 0 Å². The molecular weight excluding hydrogens is 409 g/mol. The highest BCUT2D eigenvalue weighted by Gasteiger charge is 2.54. The van der Waals surface area contributed by atoms with Crippen molar-refractivity contribution in [1.29, 1.82) is 0 Å². The minimum Gasteiger partial charge on any atom is -0.475 e. The Morgan fingerprint density at radius 3 is 2.43 bits per heavy atom. The van der Waals surface area contributed by atoms with Crippen molar-refractivity contribution in [3.8, 4) is 0 Å². The molecule has 2 fully saturated rings. The van der Waals surface area contributed by atoms with E-state index in [2.05, 4.69) is 11.5 Å². The van der Waals surface area contributed by atoms with Gasteiger partial charge in [-0.25, -0.2) is 4.79 Å². The van der Waals surface area contributed by atoms with Crippen LogP contribution in [0.3, 0.4) is 0 Å². The summed E-state index contributed by atoms with van der Waals surface area (Å²) in [5.74, 6) is -2.77.